The summed E-state index contributed by atoms with van der Waals surface area (Å²) in [6.07, 6.45) is 6.08. The van der Waals surface area contributed by atoms with E-state index in [-0.39, 0.29) is 0 Å². The molecule has 20 heavy (non-hydrogen) atoms. The van der Waals surface area contributed by atoms with Crippen molar-refractivity contribution in [2.45, 2.75) is 18.9 Å². The first kappa shape index (κ1) is 12.9. The molecule has 2 N–H and O–H groups in total. The van der Waals surface area contributed by atoms with Gasteiger partial charge in [-0.3, -0.25) is 0 Å². The van der Waals surface area contributed by atoms with Gasteiger partial charge >= 0.3 is 0 Å². The van der Waals surface area contributed by atoms with Gasteiger partial charge in [0.25, 0.3) is 0 Å². The maximum Gasteiger partial charge on any atom is 0.123 e. The van der Waals surface area contributed by atoms with Crippen LogP contribution in [-0.2, 0) is 0 Å². The fourth-order valence-electron chi connectivity index (χ4n) is 2.68. The maximum atomic E-state index is 4.50. The minimum atomic E-state index is 0.353. The lowest BCUT2D eigenvalue weighted by Crippen LogP contribution is -2.14. The standard InChI is InChI=1S/C17H19N3/c1-3-13-7-4-5-8-14(13)12(2)16-11-19-17(20-16)15-9-6-10-18-15/h3-5,7-8,11,15,18H,1-2,6,9-10H2,(H,19,20)/t15-/m1/s1. The number of hydrogen-bond acceptors (Lipinski definition) is 2. The lowest BCUT2D eigenvalue weighted by Gasteiger charge is -2.08. The molecule has 1 fully saturated rings. The molecule has 0 spiro atoms. The Balaban J connectivity index is 1.89. The average Bonchev–Trinajstić information content (AvgIpc) is 3.16. The summed E-state index contributed by atoms with van der Waals surface area (Å²) in [5.74, 6) is 1.01. The Hall–Kier alpha value is -2.13. The van der Waals surface area contributed by atoms with Crippen molar-refractivity contribution in [2.75, 3.05) is 6.54 Å². The van der Waals surface area contributed by atoms with Crippen molar-refractivity contribution in [3.63, 3.8) is 0 Å². The van der Waals surface area contributed by atoms with Crippen molar-refractivity contribution in [2.24, 2.45) is 0 Å². The first-order valence-electron chi connectivity index (χ1n) is 6.99. The van der Waals surface area contributed by atoms with Gasteiger partial charge in [-0.05, 0) is 30.5 Å². The number of benzene rings is 1. The van der Waals surface area contributed by atoms with E-state index in [1.807, 2.05) is 30.5 Å². The van der Waals surface area contributed by atoms with Gasteiger partial charge in [0, 0.05) is 5.57 Å². The normalized spacial score (nSPS) is 18.1. The Morgan fingerprint density at radius 1 is 1.35 bits per heavy atom. The highest BCUT2D eigenvalue weighted by Gasteiger charge is 2.19. The van der Waals surface area contributed by atoms with Crippen LogP contribution in [-0.4, -0.2) is 16.5 Å². The minimum absolute atomic E-state index is 0.353. The molecule has 1 aromatic heterocycles. The van der Waals surface area contributed by atoms with Gasteiger partial charge in [0.2, 0.25) is 0 Å². The molecule has 3 heteroatoms. The molecule has 0 amide bonds. The van der Waals surface area contributed by atoms with Gasteiger partial charge in [-0.1, -0.05) is 43.5 Å². The lowest BCUT2D eigenvalue weighted by molar-refractivity contribution is 0.612. The van der Waals surface area contributed by atoms with Crippen LogP contribution in [0.15, 0.2) is 43.6 Å². The molecular formula is C17H19N3. The third-order valence-electron chi connectivity index (χ3n) is 3.82. The minimum Gasteiger partial charge on any atom is -0.341 e. The Kier molecular flexibility index (Phi) is 3.52. The Bertz CT molecular complexity index is 633. The zero-order valence-electron chi connectivity index (χ0n) is 11.5. The number of aromatic nitrogens is 2. The number of rotatable bonds is 4. The molecule has 3 rings (SSSR count). The van der Waals surface area contributed by atoms with Gasteiger partial charge in [-0.25, -0.2) is 4.98 Å². The number of hydrogen-bond donors (Lipinski definition) is 2. The predicted molar refractivity (Wildman–Crippen MR) is 83.2 cm³/mol. The third-order valence-corrected chi connectivity index (χ3v) is 3.82. The molecule has 2 aromatic rings. The second-order valence-corrected chi connectivity index (χ2v) is 5.10. The molecule has 1 aliphatic heterocycles. The molecule has 102 valence electrons. The SMILES string of the molecule is C=Cc1ccccc1C(=C)c1cnc([C@H]2CCCN2)[nH]1. The summed E-state index contributed by atoms with van der Waals surface area (Å²) >= 11 is 0. The molecule has 1 aromatic carbocycles. The molecular weight excluding hydrogens is 246 g/mol. The Morgan fingerprint density at radius 2 is 2.20 bits per heavy atom. The smallest absolute Gasteiger partial charge is 0.123 e. The van der Waals surface area contributed by atoms with Crippen LogP contribution in [0.4, 0.5) is 0 Å². The predicted octanol–water partition coefficient (Wildman–Crippen LogP) is 3.54. The maximum absolute atomic E-state index is 4.50. The van der Waals surface area contributed by atoms with E-state index < -0.39 is 0 Å². The first-order valence-corrected chi connectivity index (χ1v) is 6.99. The summed E-state index contributed by atoms with van der Waals surface area (Å²) in [5.41, 5.74) is 4.12. The van der Waals surface area contributed by atoms with Gasteiger partial charge in [0.05, 0.1) is 17.9 Å². The molecule has 1 saturated heterocycles. The van der Waals surface area contributed by atoms with Gasteiger partial charge in [-0.15, -0.1) is 0 Å². The monoisotopic (exact) mass is 265 g/mol. The highest BCUT2D eigenvalue weighted by molar-refractivity contribution is 5.81. The topological polar surface area (TPSA) is 40.7 Å². The molecule has 0 radical (unpaired) electrons. The zero-order valence-corrected chi connectivity index (χ0v) is 11.5. The highest BCUT2D eigenvalue weighted by Crippen LogP contribution is 2.26. The van der Waals surface area contributed by atoms with Gasteiger partial charge in [0.15, 0.2) is 0 Å². The van der Waals surface area contributed by atoms with E-state index in [1.54, 1.807) is 0 Å². The van der Waals surface area contributed by atoms with Crippen LogP contribution in [0.2, 0.25) is 0 Å². The van der Waals surface area contributed by atoms with Gasteiger partial charge in [-0.2, -0.15) is 0 Å². The van der Waals surface area contributed by atoms with E-state index in [2.05, 4.69) is 34.5 Å². The van der Waals surface area contributed by atoms with Crippen molar-refractivity contribution in [1.29, 1.82) is 0 Å². The van der Waals surface area contributed by atoms with E-state index in [1.165, 1.54) is 6.42 Å². The van der Waals surface area contributed by atoms with Gasteiger partial charge in [0.1, 0.15) is 5.82 Å². The van der Waals surface area contributed by atoms with Crippen LogP contribution in [0.5, 0.6) is 0 Å². The molecule has 1 aliphatic rings. The summed E-state index contributed by atoms with van der Waals surface area (Å²) in [4.78, 5) is 7.89. The number of imidazole rings is 1. The van der Waals surface area contributed by atoms with Crippen molar-refractivity contribution in [3.8, 4) is 0 Å². The number of H-pyrrole nitrogens is 1. The Morgan fingerprint density at radius 3 is 2.95 bits per heavy atom. The third kappa shape index (κ3) is 2.32. The molecule has 0 aliphatic carbocycles. The quantitative estimate of drug-likeness (QED) is 0.887. The highest BCUT2D eigenvalue weighted by atomic mass is 15.0. The molecule has 0 bridgehead atoms. The summed E-state index contributed by atoms with van der Waals surface area (Å²) < 4.78 is 0. The molecule has 2 heterocycles. The second kappa shape index (κ2) is 5.47. The average molecular weight is 265 g/mol. The summed E-state index contributed by atoms with van der Waals surface area (Å²) in [6, 6.07) is 8.49. The van der Waals surface area contributed by atoms with Crippen LogP contribution in [0.25, 0.3) is 11.6 Å². The second-order valence-electron chi connectivity index (χ2n) is 5.10. The summed E-state index contributed by atoms with van der Waals surface area (Å²) in [5, 5.41) is 3.45. The zero-order chi connectivity index (χ0) is 13.9. The van der Waals surface area contributed by atoms with Crippen molar-refractivity contribution in [3.05, 3.63) is 66.3 Å². The van der Waals surface area contributed by atoms with E-state index in [9.17, 15) is 0 Å². The number of nitrogens with one attached hydrogen (secondary N) is 2. The summed E-state index contributed by atoms with van der Waals surface area (Å²) in [7, 11) is 0. The molecule has 0 unspecified atom stereocenters. The molecule has 3 nitrogen and oxygen atoms in total. The van der Waals surface area contributed by atoms with Crippen molar-refractivity contribution < 1.29 is 0 Å². The fraction of sp³-hybridized carbons (Fsp3) is 0.235. The van der Waals surface area contributed by atoms with Crippen LogP contribution < -0.4 is 5.32 Å². The van der Waals surface area contributed by atoms with Crippen LogP contribution >= 0.6 is 0 Å². The van der Waals surface area contributed by atoms with Crippen LogP contribution in [0.1, 0.15) is 41.5 Å². The van der Waals surface area contributed by atoms with Crippen LogP contribution in [0, 0.1) is 0 Å². The van der Waals surface area contributed by atoms with Crippen LogP contribution in [0.3, 0.4) is 0 Å². The largest absolute Gasteiger partial charge is 0.341 e. The summed E-state index contributed by atoms with van der Waals surface area (Å²) in [6.45, 7) is 9.13. The molecule has 1 atom stereocenters. The number of aromatic amines is 1. The molecule has 0 saturated carbocycles. The van der Waals surface area contributed by atoms with Crippen molar-refractivity contribution in [1.82, 2.24) is 15.3 Å². The number of nitrogens with zero attached hydrogens (tertiary/aromatic N) is 1. The van der Waals surface area contributed by atoms with E-state index in [0.717, 1.165) is 41.2 Å². The Labute approximate surface area is 119 Å². The van der Waals surface area contributed by atoms with E-state index >= 15 is 0 Å². The van der Waals surface area contributed by atoms with Crippen molar-refractivity contribution >= 4 is 11.6 Å². The van der Waals surface area contributed by atoms with E-state index in [4.69, 9.17) is 0 Å². The lowest BCUT2D eigenvalue weighted by atomic mass is 9.99. The fourth-order valence-corrected chi connectivity index (χ4v) is 2.68. The van der Waals surface area contributed by atoms with E-state index in [0.29, 0.717) is 6.04 Å². The van der Waals surface area contributed by atoms with Gasteiger partial charge < -0.3 is 10.3 Å². The first-order chi connectivity index (χ1) is 9.79.